The number of hydrogen-bond acceptors (Lipinski definition) is 6. The van der Waals surface area contributed by atoms with Crippen molar-refractivity contribution < 1.29 is 26.7 Å². The molecule has 1 N–H and O–H groups in total. The molecule has 0 spiro atoms. The summed E-state index contributed by atoms with van der Waals surface area (Å²) in [7, 11) is -3.01. The van der Waals surface area contributed by atoms with Crippen molar-refractivity contribution in [3.05, 3.63) is 15.0 Å². The minimum absolute atomic E-state index is 0.0131. The average molecular weight is 375 g/mol. The zero-order valence-electron chi connectivity index (χ0n) is 11.2. The number of halogens is 3. The van der Waals surface area contributed by atoms with Crippen LogP contribution in [0.5, 0.6) is 0 Å². The molecule has 1 saturated heterocycles. The lowest BCUT2D eigenvalue weighted by Gasteiger charge is -2.09. The van der Waals surface area contributed by atoms with Crippen LogP contribution in [-0.4, -0.2) is 50.1 Å². The number of thiazole rings is 1. The van der Waals surface area contributed by atoms with Crippen LogP contribution in [-0.2, 0) is 14.6 Å². The monoisotopic (exact) mass is 374 g/mol. The van der Waals surface area contributed by atoms with Crippen LogP contribution in [0.2, 0.25) is 5.15 Å². The molecule has 2 rings (SSSR count). The maximum atomic E-state index is 12.5. The number of hydrogen-bond donors (Lipinski definition) is 1. The van der Waals surface area contributed by atoms with Crippen molar-refractivity contribution >= 4 is 38.7 Å². The Bertz CT molecular complexity index is 651. The quantitative estimate of drug-likeness (QED) is 0.765. The van der Waals surface area contributed by atoms with Crippen LogP contribution in [0.25, 0.3) is 0 Å². The molecule has 1 unspecified atom stereocenters. The van der Waals surface area contributed by atoms with Gasteiger partial charge in [-0.1, -0.05) is 11.6 Å². The number of sulfone groups is 1. The number of carbonyl (C=O) groups is 1. The molecule has 6 nitrogen and oxygen atoms in total. The summed E-state index contributed by atoms with van der Waals surface area (Å²) in [5, 5.41) is 1.93. The van der Waals surface area contributed by atoms with E-state index < -0.39 is 27.0 Å². The summed E-state index contributed by atoms with van der Waals surface area (Å²) in [6, 6.07) is 0. The standard InChI is InChI=1S/C11H13ClF2N2O4S2/c12-8-7(9(13)14)21-11(16-8)10(17)15-2-3-20-6-1-4-22(18,19)5-6/h6,9H,1-5H2,(H,15,17). The van der Waals surface area contributed by atoms with Gasteiger partial charge in [-0.3, -0.25) is 4.79 Å². The van der Waals surface area contributed by atoms with Crippen molar-refractivity contribution in [1.29, 1.82) is 0 Å². The fourth-order valence-corrected chi connectivity index (χ4v) is 4.58. The molecule has 1 fully saturated rings. The van der Waals surface area contributed by atoms with Crippen molar-refractivity contribution in [3.63, 3.8) is 0 Å². The van der Waals surface area contributed by atoms with Crippen LogP contribution >= 0.6 is 22.9 Å². The number of rotatable bonds is 6. The Morgan fingerprint density at radius 2 is 2.27 bits per heavy atom. The minimum Gasteiger partial charge on any atom is -0.375 e. The van der Waals surface area contributed by atoms with E-state index in [1.54, 1.807) is 0 Å². The van der Waals surface area contributed by atoms with E-state index in [1.807, 2.05) is 0 Å². The first-order valence-electron chi connectivity index (χ1n) is 6.33. The summed E-state index contributed by atoms with van der Waals surface area (Å²) in [5.74, 6) is -0.528. The van der Waals surface area contributed by atoms with Gasteiger partial charge in [-0.15, -0.1) is 11.3 Å². The number of nitrogens with one attached hydrogen (secondary N) is 1. The summed E-state index contributed by atoms with van der Waals surface area (Å²) >= 11 is 6.05. The molecule has 11 heteroatoms. The minimum atomic E-state index is -3.01. The molecule has 1 aromatic rings. The van der Waals surface area contributed by atoms with Gasteiger partial charge < -0.3 is 10.1 Å². The zero-order chi connectivity index (χ0) is 16.3. The predicted octanol–water partition coefficient (Wildman–Crippen LogP) is 1.67. The molecule has 2 heterocycles. The molecule has 0 radical (unpaired) electrons. The lowest BCUT2D eigenvalue weighted by Crippen LogP contribution is -2.29. The highest BCUT2D eigenvalue weighted by molar-refractivity contribution is 7.91. The van der Waals surface area contributed by atoms with Crippen LogP contribution < -0.4 is 5.32 Å². The molecule has 124 valence electrons. The van der Waals surface area contributed by atoms with Gasteiger partial charge in [0.25, 0.3) is 12.3 Å². The second kappa shape index (κ2) is 7.16. The average Bonchev–Trinajstić information content (AvgIpc) is 2.97. The van der Waals surface area contributed by atoms with Crippen LogP contribution in [0, 0.1) is 0 Å². The molecule has 0 saturated carbocycles. The van der Waals surface area contributed by atoms with Crippen molar-refractivity contribution in [3.8, 4) is 0 Å². The molecule has 1 atom stereocenters. The predicted molar refractivity (Wildman–Crippen MR) is 77.4 cm³/mol. The Morgan fingerprint density at radius 3 is 2.82 bits per heavy atom. The van der Waals surface area contributed by atoms with Crippen molar-refractivity contribution in [1.82, 2.24) is 10.3 Å². The molecular formula is C11H13ClF2N2O4S2. The van der Waals surface area contributed by atoms with Crippen LogP contribution in [0.15, 0.2) is 0 Å². The summed E-state index contributed by atoms with van der Waals surface area (Å²) < 4.78 is 52.9. The summed E-state index contributed by atoms with van der Waals surface area (Å²) in [6.07, 6.45) is -2.70. The maximum absolute atomic E-state index is 12.5. The second-order valence-electron chi connectivity index (χ2n) is 4.63. The first-order valence-corrected chi connectivity index (χ1v) is 9.34. The lowest BCUT2D eigenvalue weighted by atomic mass is 10.3. The molecule has 0 aliphatic carbocycles. The number of amides is 1. The van der Waals surface area contributed by atoms with Gasteiger partial charge in [0.1, 0.15) is 10.0 Å². The van der Waals surface area contributed by atoms with Gasteiger partial charge in [-0.2, -0.15) is 0 Å². The van der Waals surface area contributed by atoms with E-state index in [4.69, 9.17) is 16.3 Å². The van der Waals surface area contributed by atoms with Gasteiger partial charge in [0, 0.05) is 6.54 Å². The Hall–Kier alpha value is -0.840. The molecule has 0 bridgehead atoms. The molecule has 1 aliphatic heterocycles. The first-order chi connectivity index (χ1) is 10.3. The van der Waals surface area contributed by atoms with Gasteiger partial charge in [0.15, 0.2) is 14.8 Å². The van der Waals surface area contributed by atoms with Crippen molar-refractivity contribution in [2.45, 2.75) is 19.0 Å². The Labute approximate surface area is 134 Å². The topological polar surface area (TPSA) is 85.4 Å². The van der Waals surface area contributed by atoms with Crippen LogP contribution in [0.1, 0.15) is 27.5 Å². The van der Waals surface area contributed by atoms with Gasteiger partial charge in [-0.05, 0) is 6.42 Å². The highest BCUT2D eigenvalue weighted by atomic mass is 35.5. The van der Waals surface area contributed by atoms with E-state index in [0.29, 0.717) is 17.8 Å². The number of aromatic nitrogens is 1. The number of ether oxygens (including phenoxy) is 1. The molecule has 1 aliphatic rings. The molecule has 1 amide bonds. The highest BCUT2D eigenvalue weighted by Gasteiger charge is 2.28. The van der Waals surface area contributed by atoms with E-state index in [2.05, 4.69) is 10.3 Å². The third-order valence-corrected chi connectivity index (χ3v) is 6.13. The van der Waals surface area contributed by atoms with E-state index in [9.17, 15) is 22.0 Å². The Morgan fingerprint density at radius 1 is 1.55 bits per heavy atom. The van der Waals surface area contributed by atoms with Crippen molar-refractivity contribution in [2.75, 3.05) is 24.7 Å². The Kier molecular flexibility index (Phi) is 5.70. The van der Waals surface area contributed by atoms with Crippen molar-refractivity contribution in [2.24, 2.45) is 0 Å². The van der Waals surface area contributed by atoms with Gasteiger partial charge in [-0.25, -0.2) is 22.2 Å². The van der Waals surface area contributed by atoms with E-state index in [-0.39, 0.29) is 40.9 Å². The summed E-state index contributed by atoms with van der Waals surface area (Å²) in [6.45, 7) is 0.253. The number of alkyl halides is 2. The fourth-order valence-electron chi connectivity index (χ4n) is 1.90. The molecule has 1 aromatic heterocycles. The highest BCUT2D eigenvalue weighted by Crippen LogP contribution is 2.32. The second-order valence-corrected chi connectivity index (χ2v) is 8.24. The van der Waals surface area contributed by atoms with Gasteiger partial charge in [0.2, 0.25) is 0 Å². The number of nitrogens with zero attached hydrogens (tertiary/aromatic N) is 1. The summed E-state index contributed by atoms with van der Waals surface area (Å²) in [5.41, 5.74) is 0. The Balaban J connectivity index is 1.75. The van der Waals surface area contributed by atoms with E-state index in [1.165, 1.54) is 0 Å². The maximum Gasteiger partial charge on any atom is 0.280 e. The molecular weight excluding hydrogens is 362 g/mol. The largest absolute Gasteiger partial charge is 0.375 e. The van der Waals surface area contributed by atoms with Gasteiger partial charge in [0.05, 0.1) is 24.2 Å². The lowest BCUT2D eigenvalue weighted by molar-refractivity contribution is 0.0688. The molecule has 22 heavy (non-hydrogen) atoms. The first kappa shape index (κ1) is 17.5. The van der Waals surface area contributed by atoms with Gasteiger partial charge >= 0.3 is 0 Å². The normalized spacial score (nSPS) is 20.5. The van der Waals surface area contributed by atoms with E-state index in [0.717, 1.165) is 0 Å². The SMILES string of the molecule is O=C(NCCOC1CCS(=O)(=O)C1)c1nc(Cl)c(C(F)F)s1. The van der Waals surface area contributed by atoms with E-state index >= 15 is 0 Å². The smallest absolute Gasteiger partial charge is 0.280 e. The third-order valence-electron chi connectivity index (χ3n) is 2.93. The zero-order valence-corrected chi connectivity index (χ0v) is 13.6. The third kappa shape index (κ3) is 4.58. The summed E-state index contributed by atoms with van der Waals surface area (Å²) in [4.78, 5) is 14.8. The van der Waals surface area contributed by atoms with Crippen LogP contribution in [0.3, 0.4) is 0 Å². The molecule has 0 aromatic carbocycles. The van der Waals surface area contributed by atoms with Crippen LogP contribution in [0.4, 0.5) is 8.78 Å². The fraction of sp³-hybridized carbons (Fsp3) is 0.636. The number of carbonyl (C=O) groups excluding carboxylic acids is 1.